The molecule has 11 heteroatoms. The van der Waals surface area contributed by atoms with Gasteiger partial charge >= 0.3 is 0 Å². The second-order valence-corrected chi connectivity index (χ2v) is 11.8. The molecule has 0 aromatic carbocycles. The summed E-state index contributed by atoms with van der Waals surface area (Å²) in [6.07, 6.45) is 5.78. The summed E-state index contributed by atoms with van der Waals surface area (Å²) in [5.74, 6) is -0.408. The maximum Gasteiger partial charge on any atom is 0.229 e. The molecular formula is C27H51FN8O2. The van der Waals surface area contributed by atoms with Gasteiger partial charge in [-0.05, 0) is 64.7 Å². The minimum Gasteiger partial charge on any atom is -0.350 e. The van der Waals surface area contributed by atoms with Crippen molar-refractivity contribution in [3.05, 3.63) is 0 Å². The van der Waals surface area contributed by atoms with Gasteiger partial charge in [0.05, 0.1) is 24.3 Å². The topological polar surface area (TPSA) is 132 Å². The van der Waals surface area contributed by atoms with Gasteiger partial charge < -0.3 is 27.0 Å². The van der Waals surface area contributed by atoms with E-state index in [1.165, 1.54) is 0 Å². The number of carbonyl (C=O) groups is 2. The van der Waals surface area contributed by atoms with Crippen molar-refractivity contribution in [3.63, 3.8) is 0 Å². The summed E-state index contributed by atoms with van der Waals surface area (Å²) in [6, 6.07) is 0.127. The third-order valence-electron chi connectivity index (χ3n) is 9.02. The minimum absolute atomic E-state index is 0.0746. The number of hydrogen-bond acceptors (Lipinski definition) is 8. The number of hydrogen-bond donors (Lipinski definition) is 5. The Kier molecular flexibility index (Phi) is 11.2. The van der Waals surface area contributed by atoms with Crippen LogP contribution in [-0.4, -0.2) is 116 Å². The molecule has 5 unspecified atom stereocenters. The standard InChI is InChI=1S/C27H51FN8O2/c1-2-3-4-13-36-18-20(28)16-32-25(36)23(24(29)30)26(37)33-21-17-31-10-7-22(21)34-14-8-19(9-15-34)27(38)35-11-5-6-12-35/h19-25,31-32H,2-18,29-30H2,1H3,(H,33,37). The molecule has 0 aromatic rings. The number of piperidine rings is 2. The van der Waals surface area contributed by atoms with Crippen LogP contribution in [0, 0.1) is 11.8 Å². The zero-order valence-corrected chi connectivity index (χ0v) is 23.3. The van der Waals surface area contributed by atoms with E-state index in [4.69, 9.17) is 11.5 Å². The molecule has 0 saturated carbocycles. The molecule has 4 aliphatic heterocycles. The molecule has 4 rings (SSSR count). The van der Waals surface area contributed by atoms with Crippen LogP contribution in [0.5, 0.6) is 0 Å². The highest BCUT2D eigenvalue weighted by Crippen LogP contribution is 2.26. The van der Waals surface area contributed by atoms with Crippen molar-refractivity contribution in [2.45, 2.75) is 88.9 Å². The predicted octanol–water partition coefficient (Wildman–Crippen LogP) is -0.213. The number of unbranched alkanes of at least 4 members (excludes halogenated alkanes) is 2. The van der Waals surface area contributed by atoms with Crippen LogP contribution in [0.2, 0.25) is 0 Å². The number of alkyl halides is 1. The van der Waals surface area contributed by atoms with Gasteiger partial charge in [-0.2, -0.15) is 0 Å². The Bertz CT molecular complexity index is 759. The van der Waals surface area contributed by atoms with Crippen molar-refractivity contribution in [2.24, 2.45) is 23.3 Å². The summed E-state index contributed by atoms with van der Waals surface area (Å²) in [5.41, 5.74) is 12.4. The number of nitrogens with two attached hydrogens (primary N) is 2. The average molecular weight is 539 g/mol. The zero-order valence-electron chi connectivity index (χ0n) is 23.3. The van der Waals surface area contributed by atoms with Crippen molar-refractivity contribution >= 4 is 11.8 Å². The van der Waals surface area contributed by atoms with Gasteiger partial charge in [0.2, 0.25) is 11.8 Å². The fraction of sp³-hybridized carbons (Fsp3) is 0.926. The Morgan fingerprint density at radius 2 is 1.79 bits per heavy atom. The third-order valence-corrected chi connectivity index (χ3v) is 9.02. The van der Waals surface area contributed by atoms with E-state index < -0.39 is 18.3 Å². The van der Waals surface area contributed by atoms with Gasteiger partial charge in [-0.15, -0.1) is 0 Å². The summed E-state index contributed by atoms with van der Waals surface area (Å²) in [6.45, 7) is 8.47. The number of carbonyl (C=O) groups excluding carboxylic acids is 2. The first-order valence-corrected chi connectivity index (χ1v) is 15.1. The van der Waals surface area contributed by atoms with Crippen molar-refractivity contribution in [1.29, 1.82) is 0 Å². The van der Waals surface area contributed by atoms with Crippen LogP contribution in [0.15, 0.2) is 0 Å². The monoisotopic (exact) mass is 538 g/mol. The maximum atomic E-state index is 14.3. The van der Waals surface area contributed by atoms with Crippen LogP contribution in [0.25, 0.3) is 0 Å². The SMILES string of the molecule is CCCCCN1CC(F)CNC1C(C(=O)NC1CNCCC1N1CCC(C(=O)N2CCCC2)CC1)C(N)N. The van der Waals surface area contributed by atoms with Crippen molar-refractivity contribution < 1.29 is 14.0 Å². The molecular weight excluding hydrogens is 487 g/mol. The Morgan fingerprint density at radius 3 is 2.47 bits per heavy atom. The molecule has 218 valence electrons. The van der Waals surface area contributed by atoms with Crippen LogP contribution < -0.4 is 27.4 Å². The molecule has 38 heavy (non-hydrogen) atoms. The van der Waals surface area contributed by atoms with Crippen molar-refractivity contribution in [3.8, 4) is 0 Å². The highest BCUT2D eigenvalue weighted by atomic mass is 19.1. The molecule has 4 fully saturated rings. The lowest BCUT2D eigenvalue weighted by molar-refractivity contribution is -0.136. The quantitative estimate of drug-likeness (QED) is 0.191. The van der Waals surface area contributed by atoms with Gasteiger partial charge in [-0.3, -0.25) is 24.7 Å². The Morgan fingerprint density at radius 1 is 1.05 bits per heavy atom. The number of nitrogens with one attached hydrogen (secondary N) is 3. The van der Waals surface area contributed by atoms with Crippen LogP contribution in [0.4, 0.5) is 4.39 Å². The third kappa shape index (κ3) is 7.42. The van der Waals surface area contributed by atoms with E-state index in [1.54, 1.807) is 0 Å². The van der Waals surface area contributed by atoms with Gasteiger partial charge in [0.15, 0.2) is 0 Å². The fourth-order valence-electron chi connectivity index (χ4n) is 6.87. The summed E-state index contributed by atoms with van der Waals surface area (Å²) < 4.78 is 14.3. The lowest BCUT2D eigenvalue weighted by Crippen LogP contribution is -2.68. The number of halogens is 1. The zero-order chi connectivity index (χ0) is 27.1. The number of likely N-dealkylation sites (tertiary alicyclic amines) is 2. The number of rotatable bonds is 10. The van der Waals surface area contributed by atoms with Crippen LogP contribution in [0.3, 0.4) is 0 Å². The van der Waals surface area contributed by atoms with E-state index >= 15 is 0 Å². The Hall–Kier alpha value is -1.37. The molecule has 0 bridgehead atoms. The molecule has 4 saturated heterocycles. The van der Waals surface area contributed by atoms with Crippen LogP contribution in [-0.2, 0) is 9.59 Å². The van der Waals surface area contributed by atoms with Crippen molar-refractivity contribution in [1.82, 2.24) is 30.7 Å². The highest BCUT2D eigenvalue weighted by Gasteiger charge is 2.42. The maximum absolute atomic E-state index is 14.3. The molecule has 0 aliphatic carbocycles. The van der Waals surface area contributed by atoms with Crippen LogP contribution in [0.1, 0.15) is 58.3 Å². The molecule has 0 spiro atoms. The highest BCUT2D eigenvalue weighted by molar-refractivity contribution is 5.80. The first kappa shape index (κ1) is 29.6. The van der Waals surface area contributed by atoms with E-state index in [0.717, 1.165) is 84.1 Å². The van der Waals surface area contributed by atoms with E-state index in [0.29, 0.717) is 19.0 Å². The molecule has 0 radical (unpaired) electrons. The van der Waals surface area contributed by atoms with Gasteiger partial charge in [-0.1, -0.05) is 19.8 Å². The number of amides is 2. The molecule has 4 heterocycles. The average Bonchev–Trinajstić information content (AvgIpc) is 3.45. The van der Waals surface area contributed by atoms with Gasteiger partial charge in [0.25, 0.3) is 0 Å². The minimum atomic E-state index is -0.974. The first-order chi connectivity index (χ1) is 18.4. The van der Waals surface area contributed by atoms with Gasteiger partial charge in [0, 0.05) is 44.7 Å². The predicted molar refractivity (Wildman–Crippen MR) is 147 cm³/mol. The van der Waals surface area contributed by atoms with E-state index in [9.17, 15) is 14.0 Å². The van der Waals surface area contributed by atoms with Gasteiger partial charge in [-0.25, -0.2) is 4.39 Å². The van der Waals surface area contributed by atoms with Crippen LogP contribution >= 0.6 is 0 Å². The normalized spacial score (nSPS) is 31.0. The number of nitrogens with zero attached hydrogens (tertiary/aromatic N) is 3. The van der Waals surface area contributed by atoms with E-state index in [1.807, 2.05) is 9.80 Å². The second-order valence-electron chi connectivity index (χ2n) is 11.8. The lowest BCUT2D eigenvalue weighted by atomic mass is 9.90. The summed E-state index contributed by atoms with van der Waals surface area (Å²) in [5, 5.41) is 9.94. The van der Waals surface area contributed by atoms with E-state index in [-0.39, 0.29) is 43.2 Å². The Balaban J connectivity index is 1.36. The largest absolute Gasteiger partial charge is 0.350 e. The second kappa shape index (κ2) is 14.3. The smallest absolute Gasteiger partial charge is 0.229 e. The van der Waals surface area contributed by atoms with Crippen molar-refractivity contribution in [2.75, 3.05) is 58.9 Å². The summed E-state index contributed by atoms with van der Waals surface area (Å²) in [7, 11) is 0. The molecule has 0 aromatic heterocycles. The first-order valence-electron chi connectivity index (χ1n) is 15.1. The molecule has 7 N–H and O–H groups in total. The molecule has 4 aliphatic rings. The molecule has 10 nitrogen and oxygen atoms in total. The summed E-state index contributed by atoms with van der Waals surface area (Å²) >= 11 is 0. The van der Waals surface area contributed by atoms with E-state index in [2.05, 4.69) is 27.8 Å². The summed E-state index contributed by atoms with van der Waals surface area (Å²) in [4.78, 5) is 33.1. The van der Waals surface area contributed by atoms with Gasteiger partial charge in [0.1, 0.15) is 6.17 Å². The fourth-order valence-corrected chi connectivity index (χ4v) is 6.87. The molecule has 2 amide bonds. The lowest BCUT2D eigenvalue weighted by Gasteiger charge is -2.45. The molecule has 5 atom stereocenters. The Labute approximate surface area is 227 Å².